The molecular formula is C67H55BN2O3S. The van der Waals surface area contributed by atoms with Crippen molar-refractivity contribution in [2.45, 2.75) is 84.5 Å². The summed E-state index contributed by atoms with van der Waals surface area (Å²) in [4.78, 5) is 5.28. The van der Waals surface area contributed by atoms with E-state index in [1.807, 2.05) is 35.6 Å². The zero-order valence-electron chi connectivity index (χ0n) is 43.1. The molecule has 0 radical (unpaired) electrons. The van der Waals surface area contributed by atoms with Crippen LogP contribution < -0.4 is 30.1 Å². The van der Waals surface area contributed by atoms with E-state index in [9.17, 15) is 0 Å². The van der Waals surface area contributed by atoms with Gasteiger partial charge in [0.05, 0.1) is 0 Å². The minimum Gasteiger partial charge on any atom is -0.455 e. The zero-order chi connectivity index (χ0) is 50.2. The van der Waals surface area contributed by atoms with Crippen LogP contribution in [0.25, 0.3) is 64.4 Å². The van der Waals surface area contributed by atoms with Gasteiger partial charge in [0.1, 0.15) is 11.2 Å². The Balaban J connectivity index is 1.14. The molecule has 0 amide bonds. The molecule has 2 aromatic heterocycles. The second kappa shape index (κ2) is 15.2. The number of rotatable bonds is 3. The molecule has 15 rings (SSSR count). The van der Waals surface area contributed by atoms with E-state index in [1.54, 1.807) is 0 Å². The van der Waals surface area contributed by atoms with Crippen LogP contribution in [0.15, 0.2) is 168 Å². The van der Waals surface area contributed by atoms with Crippen molar-refractivity contribution in [2.75, 3.05) is 9.71 Å². The first-order valence-corrected chi connectivity index (χ1v) is 27.0. The molecule has 11 aromatic rings. The number of aryl methyl sites for hydroxylation is 1. The third-order valence-electron chi connectivity index (χ3n) is 17.0. The van der Waals surface area contributed by atoms with Gasteiger partial charge >= 0.3 is 6.85 Å². The number of furan rings is 1. The van der Waals surface area contributed by atoms with Gasteiger partial charge in [0.2, 0.25) is 0 Å². The molecule has 3 aliphatic heterocycles. The molecule has 0 N–H and O–H groups in total. The molecular weight excluding hydrogens is 924 g/mol. The lowest BCUT2D eigenvalue weighted by atomic mass is 9.43. The van der Waals surface area contributed by atoms with Gasteiger partial charge in [-0.05, 0) is 135 Å². The fourth-order valence-corrected chi connectivity index (χ4v) is 14.2. The van der Waals surface area contributed by atoms with Gasteiger partial charge in [-0.25, -0.2) is 0 Å². The van der Waals surface area contributed by atoms with Gasteiger partial charge in [0, 0.05) is 82.1 Å². The average Bonchev–Trinajstić information content (AvgIpc) is 3.97. The Morgan fingerprint density at radius 3 is 1.99 bits per heavy atom. The molecule has 9 aromatic carbocycles. The van der Waals surface area contributed by atoms with E-state index in [-0.39, 0.29) is 23.1 Å². The summed E-state index contributed by atoms with van der Waals surface area (Å²) in [6.07, 6.45) is 2.26. The molecule has 1 aliphatic carbocycles. The SMILES string of the molecule is Cc1cc2c(cc1N1c3cc4c(cc3B3c5c1cc1c(oc6ccccc61)c5-c1ccc5sc6ccccc6c5c1N3c1ccc(C(C)(C)C)cc1-c1ccccc1)Oc1ccccc1O4)C(C)(C)CCC2(C)C. The van der Waals surface area contributed by atoms with E-state index < -0.39 is 0 Å². The van der Waals surface area contributed by atoms with Gasteiger partial charge in [-0.1, -0.05) is 146 Å². The Morgan fingerprint density at radius 1 is 0.554 bits per heavy atom. The molecule has 7 heteroatoms. The number of thiophene rings is 1. The first kappa shape index (κ1) is 43.8. The molecule has 360 valence electrons. The second-order valence-electron chi connectivity index (χ2n) is 23.5. The van der Waals surface area contributed by atoms with Crippen molar-refractivity contribution in [3.63, 3.8) is 0 Å². The Morgan fingerprint density at radius 2 is 1.23 bits per heavy atom. The zero-order valence-corrected chi connectivity index (χ0v) is 43.9. The second-order valence-corrected chi connectivity index (χ2v) is 24.6. The fourth-order valence-electron chi connectivity index (χ4n) is 13.0. The van der Waals surface area contributed by atoms with Crippen molar-refractivity contribution in [1.29, 1.82) is 0 Å². The summed E-state index contributed by atoms with van der Waals surface area (Å²) in [5, 5.41) is 4.68. The summed E-state index contributed by atoms with van der Waals surface area (Å²) in [7, 11) is 0. The lowest BCUT2D eigenvalue weighted by Gasteiger charge is -2.47. The highest BCUT2D eigenvalue weighted by Gasteiger charge is 2.49. The number of nitrogens with zero attached hydrogens (tertiary/aromatic N) is 2. The minimum atomic E-state index is -0.358. The Hall–Kier alpha value is -7.74. The van der Waals surface area contributed by atoms with Crippen LogP contribution in [0.3, 0.4) is 0 Å². The Bertz CT molecular complexity index is 4230. The maximum Gasteiger partial charge on any atom is 0.333 e. The van der Waals surface area contributed by atoms with Crippen molar-refractivity contribution in [1.82, 2.24) is 0 Å². The number of hydrogen-bond acceptors (Lipinski definition) is 6. The van der Waals surface area contributed by atoms with Gasteiger partial charge < -0.3 is 23.6 Å². The highest BCUT2D eigenvalue weighted by Crippen LogP contribution is 2.58. The molecule has 0 spiro atoms. The standard InChI is InChI=1S/C67H55BN2O3S/c1-38-32-46-47(67(7,8)31-30-66(46,5)6)35-50(38)69-51-37-57-56(71-54-23-15-16-24-55(54)72-57)36-48(51)68-62-52(69)34-45-41-20-12-14-22-53(41)73-64(45)61(62)43-27-29-59-60(42-21-13-17-25-58(42)74-59)63(43)70(68)49-28-26-40(65(2,3)4)33-44(49)39-18-10-9-11-19-39/h9-29,32-37H,30-31H2,1-8H3. The van der Waals surface area contributed by atoms with Crippen LogP contribution in [0.5, 0.6) is 23.0 Å². The molecule has 74 heavy (non-hydrogen) atoms. The van der Waals surface area contributed by atoms with Crippen LogP contribution in [-0.4, -0.2) is 6.85 Å². The molecule has 0 atom stereocenters. The van der Waals surface area contributed by atoms with Crippen LogP contribution in [-0.2, 0) is 16.2 Å². The molecule has 0 saturated carbocycles. The third kappa shape index (κ3) is 6.16. The van der Waals surface area contributed by atoms with Crippen LogP contribution in [0.4, 0.5) is 28.4 Å². The highest BCUT2D eigenvalue weighted by molar-refractivity contribution is 7.26. The monoisotopic (exact) mass is 978 g/mol. The van der Waals surface area contributed by atoms with Crippen LogP contribution in [0.1, 0.15) is 83.6 Å². The first-order chi connectivity index (χ1) is 35.7. The summed E-state index contributed by atoms with van der Waals surface area (Å²) in [6, 6.07) is 60.6. The van der Waals surface area contributed by atoms with Gasteiger partial charge in [-0.15, -0.1) is 11.3 Å². The van der Waals surface area contributed by atoms with Gasteiger partial charge in [-0.2, -0.15) is 0 Å². The third-order valence-corrected chi connectivity index (χ3v) is 18.2. The van der Waals surface area contributed by atoms with E-state index in [4.69, 9.17) is 13.9 Å². The Kier molecular flexibility index (Phi) is 8.99. The number of ether oxygens (including phenoxy) is 2. The van der Waals surface area contributed by atoms with E-state index in [1.165, 1.54) is 64.7 Å². The smallest absolute Gasteiger partial charge is 0.333 e. The maximum atomic E-state index is 7.28. The Labute approximate surface area is 436 Å². The van der Waals surface area contributed by atoms with Crippen LogP contribution in [0.2, 0.25) is 0 Å². The normalized spacial score (nSPS) is 15.8. The van der Waals surface area contributed by atoms with E-state index in [0.29, 0.717) is 23.0 Å². The number of anilines is 5. The van der Waals surface area contributed by atoms with E-state index in [0.717, 1.165) is 74.1 Å². The summed E-state index contributed by atoms with van der Waals surface area (Å²) in [6.45, 7) is 18.6. The number of fused-ring (bicyclic) bond motifs is 15. The quantitative estimate of drug-likeness (QED) is 0.165. The van der Waals surface area contributed by atoms with Crippen molar-refractivity contribution in [3.8, 4) is 45.3 Å². The average molecular weight is 979 g/mol. The summed E-state index contributed by atoms with van der Waals surface area (Å²) < 4.78 is 23.7. The van der Waals surface area contributed by atoms with Crippen LogP contribution in [0, 0.1) is 6.92 Å². The van der Waals surface area contributed by atoms with Crippen LogP contribution >= 0.6 is 11.3 Å². The van der Waals surface area contributed by atoms with Crippen molar-refractivity contribution < 1.29 is 13.9 Å². The predicted octanol–water partition coefficient (Wildman–Crippen LogP) is 18.2. The van der Waals surface area contributed by atoms with Gasteiger partial charge in [-0.3, -0.25) is 0 Å². The predicted molar refractivity (Wildman–Crippen MR) is 311 cm³/mol. The van der Waals surface area contributed by atoms with Crippen molar-refractivity contribution in [2.24, 2.45) is 0 Å². The fraction of sp³-hybridized carbons (Fsp3) is 0.194. The highest BCUT2D eigenvalue weighted by atomic mass is 32.1. The number of benzene rings is 9. The summed E-state index contributed by atoms with van der Waals surface area (Å²) in [5.41, 5.74) is 19.7. The largest absolute Gasteiger partial charge is 0.455 e. The lowest BCUT2D eigenvalue weighted by molar-refractivity contribution is 0.332. The van der Waals surface area contributed by atoms with Gasteiger partial charge in [0.25, 0.3) is 0 Å². The number of para-hydroxylation sites is 3. The molecule has 0 bridgehead atoms. The van der Waals surface area contributed by atoms with E-state index >= 15 is 0 Å². The molecule has 5 heterocycles. The molecule has 0 unspecified atom stereocenters. The lowest BCUT2D eigenvalue weighted by Crippen LogP contribution is -2.61. The molecule has 5 nitrogen and oxygen atoms in total. The first-order valence-electron chi connectivity index (χ1n) is 26.2. The summed E-state index contributed by atoms with van der Waals surface area (Å²) >= 11 is 1.87. The number of hydrogen-bond donors (Lipinski definition) is 0. The topological polar surface area (TPSA) is 38.1 Å². The minimum absolute atomic E-state index is 0.0212. The van der Waals surface area contributed by atoms with Crippen molar-refractivity contribution >= 4 is 99.7 Å². The molecule has 0 fully saturated rings. The maximum absolute atomic E-state index is 7.28. The molecule has 4 aliphatic rings. The van der Waals surface area contributed by atoms with Crippen molar-refractivity contribution in [3.05, 3.63) is 186 Å². The van der Waals surface area contributed by atoms with Gasteiger partial charge in [0.15, 0.2) is 23.0 Å². The molecule has 0 saturated heterocycles. The summed E-state index contributed by atoms with van der Waals surface area (Å²) in [5.74, 6) is 2.79. The van der Waals surface area contributed by atoms with E-state index in [2.05, 4.69) is 205 Å².